The van der Waals surface area contributed by atoms with E-state index in [2.05, 4.69) is 112 Å². The summed E-state index contributed by atoms with van der Waals surface area (Å²) in [5.74, 6) is 0.199. The minimum absolute atomic E-state index is 0.199. The van der Waals surface area contributed by atoms with E-state index in [1.54, 1.807) is 0 Å². The van der Waals surface area contributed by atoms with Gasteiger partial charge in [0, 0.05) is 27.5 Å². The minimum atomic E-state index is 0.199. The van der Waals surface area contributed by atoms with E-state index in [1.807, 2.05) is 6.07 Å². The fourth-order valence-corrected chi connectivity index (χ4v) is 3.56. The summed E-state index contributed by atoms with van der Waals surface area (Å²) in [6, 6.07) is 27.5. The molecule has 122 valence electrons. The average molecular weight is 388 g/mol. The van der Waals surface area contributed by atoms with Crippen molar-refractivity contribution in [2.24, 2.45) is 0 Å². The average Bonchev–Trinajstić information content (AvgIpc) is 3.07. The second-order valence-corrected chi connectivity index (χ2v) is 7.01. The van der Waals surface area contributed by atoms with E-state index in [0.29, 0.717) is 0 Å². The number of benzene rings is 3. The van der Waals surface area contributed by atoms with Crippen LogP contribution >= 0.6 is 15.9 Å². The summed E-state index contributed by atoms with van der Waals surface area (Å²) in [5, 5.41) is 1.25. The van der Waals surface area contributed by atoms with Gasteiger partial charge < -0.3 is 4.98 Å². The van der Waals surface area contributed by atoms with Crippen LogP contribution in [0.1, 0.15) is 22.6 Å². The molecule has 0 aliphatic carbocycles. The van der Waals surface area contributed by atoms with E-state index in [-0.39, 0.29) is 5.92 Å². The van der Waals surface area contributed by atoms with Gasteiger partial charge in [0.15, 0.2) is 0 Å². The zero-order chi connectivity index (χ0) is 17.1. The first-order valence-corrected chi connectivity index (χ1v) is 9.15. The van der Waals surface area contributed by atoms with Crippen molar-refractivity contribution in [2.75, 3.05) is 0 Å². The monoisotopic (exact) mass is 387 g/mol. The molecule has 1 atom stereocenters. The van der Waals surface area contributed by atoms with Crippen molar-refractivity contribution in [3.8, 4) is 0 Å². The molecule has 4 aromatic rings. The first-order chi connectivity index (χ1) is 12.3. The van der Waals surface area contributed by atoms with Crippen LogP contribution in [-0.4, -0.2) is 4.98 Å². The fourth-order valence-electron chi connectivity index (χ4n) is 3.20. The second-order valence-electron chi connectivity index (χ2n) is 6.09. The van der Waals surface area contributed by atoms with Crippen molar-refractivity contribution in [3.63, 3.8) is 0 Å². The molecular weight excluding hydrogens is 370 g/mol. The first-order valence-electron chi connectivity index (χ1n) is 8.36. The standard InChI is InChI=1S/C23H18BrN/c24-19-12-14-23-21(15-19)22(16-25-23)20(18-9-5-2-6-10-18)13-11-17-7-3-1-4-8-17/h1-16,20,25H/b13-11+/t20-/m0/s1. The zero-order valence-corrected chi connectivity index (χ0v) is 15.3. The fraction of sp³-hybridized carbons (Fsp3) is 0.0435. The maximum absolute atomic E-state index is 3.60. The van der Waals surface area contributed by atoms with Crippen LogP contribution in [0.15, 0.2) is 95.6 Å². The van der Waals surface area contributed by atoms with Crippen molar-refractivity contribution in [2.45, 2.75) is 5.92 Å². The Balaban J connectivity index is 1.82. The lowest BCUT2D eigenvalue weighted by atomic mass is 9.90. The molecule has 2 heteroatoms. The highest BCUT2D eigenvalue weighted by atomic mass is 79.9. The lowest BCUT2D eigenvalue weighted by Crippen LogP contribution is -1.96. The Kier molecular flexibility index (Phi) is 4.53. The molecule has 1 aromatic heterocycles. The third kappa shape index (κ3) is 3.45. The largest absolute Gasteiger partial charge is 0.361 e. The summed E-state index contributed by atoms with van der Waals surface area (Å²) in [7, 11) is 0. The number of nitrogens with one attached hydrogen (secondary N) is 1. The topological polar surface area (TPSA) is 15.8 Å². The molecule has 0 spiro atoms. The number of aromatic nitrogens is 1. The molecular formula is C23H18BrN. The van der Waals surface area contributed by atoms with Gasteiger partial charge in [-0.15, -0.1) is 0 Å². The van der Waals surface area contributed by atoms with Gasteiger partial charge >= 0.3 is 0 Å². The number of rotatable bonds is 4. The van der Waals surface area contributed by atoms with Gasteiger partial charge in [-0.3, -0.25) is 0 Å². The van der Waals surface area contributed by atoms with Gasteiger partial charge in [-0.25, -0.2) is 0 Å². The van der Waals surface area contributed by atoms with Gasteiger partial charge in [0.05, 0.1) is 0 Å². The van der Waals surface area contributed by atoms with E-state index >= 15 is 0 Å². The maximum atomic E-state index is 3.60. The molecule has 0 amide bonds. The van der Waals surface area contributed by atoms with Gasteiger partial charge in [-0.05, 0) is 34.9 Å². The molecule has 4 rings (SSSR count). The van der Waals surface area contributed by atoms with Gasteiger partial charge in [-0.2, -0.15) is 0 Å². The normalized spacial score (nSPS) is 12.7. The molecule has 1 N–H and O–H groups in total. The summed E-state index contributed by atoms with van der Waals surface area (Å²) in [6.45, 7) is 0. The van der Waals surface area contributed by atoms with Crippen LogP contribution in [0.2, 0.25) is 0 Å². The van der Waals surface area contributed by atoms with Crippen molar-refractivity contribution < 1.29 is 0 Å². The van der Waals surface area contributed by atoms with Crippen molar-refractivity contribution in [3.05, 3.63) is 112 Å². The Labute approximate surface area is 156 Å². The third-order valence-corrected chi connectivity index (χ3v) is 4.94. The van der Waals surface area contributed by atoms with Gasteiger partial charge in [0.1, 0.15) is 0 Å². The van der Waals surface area contributed by atoms with E-state index < -0.39 is 0 Å². The van der Waals surface area contributed by atoms with Crippen molar-refractivity contribution >= 4 is 32.9 Å². The molecule has 0 bridgehead atoms. The quantitative estimate of drug-likeness (QED) is 0.397. The molecule has 0 aliphatic rings. The maximum Gasteiger partial charge on any atom is 0.0457 e. The molecule has 0 saturated carbocycles. The van der Waals surface area contributed by atoms with Crippen LogP contribution in [0.4, 0.5) is 0 Å². The molecule has 0 unspecified atom stereocenters. The molecule has 0 aliphatic heterocycles. The van der Waals surface area contributed by atoms with Crippen LogP contribution < -0.4 is 0 Å². The number of aromatic amines is 1. The number of halogens is 1. The number of H-pyrrole nitrogens is 1. The predicted molar refractivity (Wildman–Crippen MR) is 110 cm³/mol. The predicted octanol–water partition coefficient (Wildman–Crippen LogP) is 6.78. The SMILES string of the molecule is Brc1ccc2[nH]cc([C@@H](/C=C/c3ccccc3)c3ccccc3)c2c1. The number of hydrogen-bond acceptors (Lipinski definition) is 0. The van der Waals surface area contributed by atoms with Crippen LogP contribution in [0.5, 0.6) is 0 Å². The molecule has 0 saturated heterocycles. The molecule has 0 radical (unpaired) electrons. The van der Waals surface area contributed by atoms with Gasteiger partial charge in [-0.1, -0.05) is 88.7 Å². The summed E-state index contributed by atoms with van der Waals surface area (Å²) in [5.41, 5.74) is 4.95. The summed E-state index contributed by atoms with van der Waals surface area (Å²) < 4.78 is 1.10. The Hall–Kier alpha value is -2.58. The summed E-state index contributed by atoms with van der Waals surface area (Å²) >= 11 is 3.60. The number of fused-ring (bicyclic) bond motifs is 1. The van der Waals surface area contributed by atoms with Crippen LogP contribution in [0.25, 0.3) is 17.0 Å². The van der Waals surface area contributed by atoms with E-state index in [0.717, 1.165) is 9.99 Å². The molecule has 1 nitrogen and oxygen atoms in total. The lowest BCUT2D eigenvalue weighted by molar-refractivity contribution is 1.04. The smallest absolute Gasteiger partial charge is 0.0457 e. The minimum Gasteiger partial charge on any atom is -0.361 e. The molecule has 1 heterocycles. The molecule has 3 aromatic carbocycles. The highest BCUT2D eigenvalue weighted by Crippen LogP contribution is 2.33. The lowest BCUT2D eigenvalue weighted by Gasteiger charge is -2.13. The third-order valence-electron chi connectivity index (χ3n) is 4.45. The summed E-state index contributed by atoms with van der Waals surface area (Å²) in [6.07, 6.45) is 6.62. The molecule has 25 heavy (non-hydrogen) atoms. The first kappa shape index (κ1) is 15.9. The Morgan fingerprint density at radius 2 is 1.56 bits per heavy atom. The van der Waals surface area contributed by atoms with Crippen molar-refractivity contribution in [1.29, 1.82) is 0 Å². The molecule has 0 fully saturated rings. The van der Waals surface area contributed by atoms with Crippen molar-refractivity contribution in [1.82, 2.24) is 4.98 Å². The van der Waals surface area contributed by atoms with E-state index in [9.17, 15) is 0 Å². The van der Waals surface area contributed by atoms with Crippen LogP contribution in [0.3, 0.4) is 0 Å². The summed E-state index contributed by atoms with van der Waals surface area (Å²) in [4.78, 5) is 3.41. The number of hydrogen-bond donors (Lipinski definition) is 1. The van der Waals surface area contributed by atoms with Gasteiger partial charge in [0.25, 0.3) is 0 Å². The Morgan fingerprint density at radius 1 is 0.840 bits per heavy atom. The highest BCUT2D eigenvalue weighted by Gasteiger charge is 2.15. The van der Waals surface area contributed by atoms with Gasteiger partial charge in [0.2, 0.25) is 0 Å². The Morgan fingerprint density at radius 3 is 2.32 bits per heavy atom. The van der Waals surface area contributed by atoms with Crippen LogP contribution in [0, 0.1) is 0 Å². The van der Waals surface area contributed by atoms with E-state index in [1.165, 1.54) is 22.1 Å². The Bertz CT molecular complexity index is 1000. The zero-order valence-electron chi connectivity index (χ0n) is 13.7. The van der Waals surface area contributed by atoms with Crippen LogP contribution in [-0.2, 0) is 0 Å². The highest BCUT2D eigenvalue weighted by molar-refractivity contribution is 9.10. The van der Waals surface area contributed by atoms with E-state index in [4.69, 9.17) is 0 Å². The number of allylic oxidation sites excluding steroid dienone is 1. The second kappa shape index (κ2) is 7.12.